The predicted octanol–water partition coefficient (Wildman–Crippen LogP) is 0.422. The monoisotopic (exact) mass is 295 g/mol. The largest absolute Gasteiger partial charge is 0.469 e. The summed E-state index contributed by atoms with van der Waals surface area (Å²) in [5.74, 6) is -0.359. The number of morpholine rings is 1. The number of hydrogen-bond acceptors (Lipinski definition) is 6. The van der Waals surface area contributed by atoms with E-state index >= 15 is 0 Å². The molecule has 0 aromatic carbocycles. The fraction of sp³-hybridized carbons (Fsp3) is 0.643. The molecule has 7 nitrogen and oxygen atoms in total. The number of aromatic nitrogens is 2. The molecule has 0 bridgehead atoms. The predicted molar refractivity (Wildman–Crippen MR) is 77.4 cm³/mol. The number of rotatable bonds is 4. The van der Waals surface area contributed by atoms with Gasteiger partial charge in [-0.3, -0.25) is 9.59 Å². The van der Waals surface area contributed by atoms with Gasteiger partial charge in [-0.2, -0.15) is 5.10 Å². The first-order valence-corrected chi connectivity index (χ1v) is 6.94. The second kappa shape index (κ2) is 6.26. The van der Waals surface area contributed by atoms with Crippen LogP contribution in [0.15, 0.2) is 17.1 Å². The third kappa shape index (κ3) is 4.04. The van der Waals surface area contributed by atoms with Gasteiger partial charge < -0.3 is 14.4 Å². The van der Waals surface area contributed by atoms with Crippen LogP contribution in [0.2, 0.25) is 0 Å². The SMILES string of the molecule is COC(=O)CCn1ncc(N2CCOC(C)(C)C2)cc1=O. The molecule has 1 saturated heterocycles. The number of hydrogen-bond donors (Lipinski definition) is 0. The van der Waals surface area contributed by atoms with E-state index in [4.69, 9.17) is 4.74 Å². The number of ether oxygens (including phenoxy) is 2. The topological polar surface area (TPSA) is 73.7 Å². The lowest BCUT2D eigenvalue weighted by atomic mass is 10.1. The van der Waals surface area contributed by atoms with Crippen LogP contribution in [0, 0.1) is 0 Å². The highest BCUT2D eigenvalue weighted by Crippen LogP contribution is 2.21. The van der Waals surface area contributed by atoms with Crippen LogP contribution in [0.4, 0.5) is 5.69 Å². The first-order valence-electron chi connectivity index (χ1n) is 6.94. The Labute approximate surface area is 123 Å². The molecule has 2 heterocycles. The van der Waals surface area contributed by atoms with Gasteiger partial charge in [0.05, 0.1) is 44.2 Å². The molecule has 0 saturated carbocycles. The molecule has 0 N–H and O–H groups in total. The minimum atomic E-state index is -0.359. The van der Waals surface area contributed by atoms with E-state index in [2.05, 4.69) is 14.7 Å². The van der Waals surface area contributed by atoms with E-state index in [1.54, 1.807) is 12.3 Å². The van der Waals surface area contributed by atoms with Crippen LogP contribution in [-0.2, 0) is 20.8 Å². The average Bonchev–Trinajstić information content (AvgIpc) is 2.44. The highest BCUT2D eigenvalue weighted by Gasteiger charge is 2.27. The Hall–Kier alpha value is -1.89. The van der Waals surface area contributed by atoms with Crippen molar-refractivity contribution in [1.82, 2.24) is 9.78 Å². The summed E-state index contributed by atoms with van der Waals surface area (Å²) in [6.07, 6.45) is 1.79. The summed E-state index contributed by atoms with van der Waals surface area (Å²) < 4.78 is 11.5. The smallest absolute Gasteiger partial charge is 0.307 e. The Bertz CT molecular complexity index is 568. The van der Waals surface area contributed by atoms with Gasteiger partial charge in [0.2, 0.25) is 0 Å². The second-order valence-corrected chi connectivity index (χ2v) is 5.63. The first kappa shape index (κ1) is 15.5. The van der Waals surface area contributed by atoms with E-state index in [1.807, 2.05) is 13.8 Å². The van der Waals surface area contributed by atoms with Gasteiger partial charge in [-0.1, -0.05) is 0 Å². The Morgan fingerprint density at radius 3 is 2.90 bits per heavy atom. The number of esters is 1. The van der Waals surface area contributed by atoms with Crippen LogP contribution in [0.25, 0.3) is 0 Å². The molecule has 0 radical (unpaired) electrons. The Morgan fingerprint density at radius 1 is 1.52 bits per heavy atom. The summed E-state index contributed by atoms with van der Waals surface area (Å²) in [7, 11) is 1.32. The lowest BCUT2D eigenvalue weighted by molar-refractivity contribution is -0.140. The molecule has 0 unspecified atom stereocenters. The molecule has 7 heteroatoms. The van der Waals surface area contributed by atoms with Crippen molar-refractivity contribution in [2.75, 3.05) is 31.7 Å². The molecular weight excluding hydrogens is 274 g/mol. The maximum Gasteiger partial charge on any atom is 0.307 e. The maximum absolute atomic E-state index is 12.0. The number of nitrogens with zero attached hydrogens (tertiary/aromatic N) is 3. The van der Waals surface area contributed by atoms with E-state index < -0.39 is 0 Å². The summed E-state index contributed by atoms with van der Waals surface area (Å²) in [4.78, 5) is 25.2. The third-order valence-electron chi connectivity index (χ3n) is 3.40. The molecule has 0 atom stereocenters. The van der Waals surface area contributed by atoms with E-state index in [9.17, 15) is 9.59 Å². The summed E-state index contributed by atoms with van der Waals surface area (Å²) in [5, 5.41) is 4.12. The minimum Gasteiger partial charge on any atom is -0.469 e. The molecule has 1 aromatic heterocycles. The third-order valence-corrected chi connectivity index (χ3v) is 3.40. The molecule has 1 aliphatic heterocycles. The summed E-state index contributed by atoms with van der Waals surface area (Å²) in [5.41, 5.74) is 0.323. The van der Waals surface area contributed by atoms with Crippen molar-refractivity contribution in [2.24, 2.45) is 0 Å². The zero-order valence-corrected chi connectivity index (χ0v) is 12.7. The lowest BCUT2D eigenvalue weighted by Gasteiger charge is -2.39. The summed E-state index contributed by atoms with van der Waals surface area (Å²) in [6.45, 7) is 6.32. The van der Waals surface area contributed by atoms with Crippen molar-refractivity contribution < 1.29 is 14.3 Å². The van der Waals surface area contributed by atoms with Crippen molar-refractivity contribution in [3.63, 3.8) is 0 Å². The van der Waals surface area contributed by atoms with Crippen LogP contribution in [0.5, 0.6) is 0 Å². The second-order valence-electron chi connectivity index (χ2n) is 5.63. The van der Waals surface area contributed by atoms with Gasteiger partial charge in [-0.15, -0.1) is 0 Å². The summed E-state index contributed by atoms with van der Waals surface area (Å²) in [6, 6.07) is 1.55. The highest BCUT2D eigenvalue weighted by atomic mass is 16.5. The number of anilines is 1. The fourth-order valence-corrected chi connectivity index (χ4v) is 2.30. The molecule has 0 aliphatic carbocycles. The Morgan fingerprint density at radius 2 is 2.29 bits per heavy atom. The number of methoxy groups -OCH3 is 1. The van der Waals surface area contributed by atoms with E-state index in [1.165, 1.54) is 11.8 Å². The van der Waals surface area contributed by atoms with Crippen molar-refractivity contribution in [3.8, 4) is 0 Å². The number of aryl methyl sites for hydroxylation is 1. The van der Waals surface area contributed by atoms with Gasteiger partial charge in [0, 0.05) is 19.2 Å². The van der Waals surface area contributed by atoms with Crippen molar-refractivity contribution in [1.29, 1.82) is 0 Å². The molecule has 0 amide bonds. The van der Waals surface area contributed by atoms with Gasteiger partial charge >= 0.3 is 5.97 Å². The van der Waals surface area contributed by atoms with E-state index in [0.717, 1.165) is 12.2 Å². The van der Waals surface area contributed by atoms with Gasteiger partial charge in [-0.05, 0) is 13.8 Å². The molecule has 1 aromatic rings. The maximum atomic E-state index is 12.0. The average molecular weight is 295 g/mol. The van der Waals surface area contributed by atoms with Crippen LogP contribution < -0.4 is 10.5 Å². The number of carbonyl (C=O) groups excluding carboxylic acids is 1. The number of carbonyl (C=O) groups is 1. The first-order chi connectivity index (χ1) is 9.91. The fourth-order valence-electron chi connectivity index (χ4n) is 2.30. The molecule has 116 valence electrons. The molecule has 1 aliphatic rings. The molecule has 21 heavy (non-hydrogen) atoms. The minimum absolute atomic E-state index is 0.132. The van der Waals surface area contributed by atoms with E-state index in [0.29, 0.717) is 13.2 Å². The van der Waals surface area contributed by atoms with Crippen LogP contribution in [0.1, 0.15) is 20.3 Å². The molecule has 0 spiro atoms. The zero-order chi connectivity index (χ0) is 15.5. The van der Waals surface area contributed by atoms with Crippen molar-refractivity contribution in [2.45, 2.75) is 32.4 Å². The quantitative estimate of drug-likeness (QED) is 0.750. The zero-order valence-electron chi connectivity index (χ0n) is 12.7. The highest BCUT2D eigenvalue weighted by molar-refractivity contribution is 5.68. The molecule has 2 rings (SSSR count). The molecule has 1 fully saturated rings. The van der Waals surface area contributed by atoms with Crippen LogP contribution in [-0.4, -0.2) is 48.2 Å². The summed E-state index contributed by atoms with van der Waals surface area (Å²) >= 11 is 0. The van der Waals surface area contributed by atoms with Gasteiger partial charge in [-0.25, -0.2) is 4.68 Å². The van der Waals surface area contributed by atoms with Crippen molar-refractivity contribution >= 4 is 11.7 Å². The van der Waals surface area contributed by atoms with Gasteiger partial charge in [0.1, 0.15) is 0 Å². The van der Waals surface area contributed by atoms with E-state index in [-0.39, 0.29) is 30.1 Å². The standard InChI is InChI=1S/C14H21N3O4/c1-14(2)10-16(6-7-21-14)11-8-12(18)17(15-9-11)5-4-13(19)20-3/h8-9H,4-7,10H2,1-3H3. The Kier molecular flexibility index (Phi) is 4.62. The lowest BCUT2D eigenvalue weighted by Crippen LogP contribution is -2.48. The van der Waals surface area contributed by atoms with Crippen molar-refractivity contribution in [3.05, 3.63) is 22.6 Å². The van der Waals surface area contributed by atoms with Gasteiger partial charge in [0.15, 0.2) is 0 Å². The Balaban J connectivity index is 2.08. The van der Waals surface area contributed by atoms with Crippen LogP contribution >= 0.6 is 0 Å². The molecular formula is C14H21N3O4. The normalized spacial score (nSPS) is 17.6. The van der Waals surface area contributed by atoms with Gasteiger partial charge in [0.25, 0.3) is 5.56 Å². The van der Waals surface area contributed by atoms with Crippen LogP contribution in [0.3, 0.4) is 0 Å².